The van der Waals surface area contributed by atoms with Gasteiger partial charge in [-0.05, 0) is 109 Å². The van der Waals surface area contributed by atoms with Crippen molar-refractivity contribution in [2.24, 2.45) is 57.4 Å². The molecule has 4 saturated carbocycles. The Hall–Kier alpha value is 0.0400. The minimum Gasteiger partial charge on any atom is -0.0865 e. The van der Waals surface area contributed by atoms with Crippen LogP contribution in [0, 0.1) is 52.3 Å². The van der Waals surface area contributed by atoms with Gasteiger partial charge in [-0.25, -0.2) is 0 Å². The average molecular weight is 554 g/mol. The number of azide groups is 1. The zero-order valence-electron chi connectivity index (χ0n) is 21.6. The van der Waals surface area contributed by atoms with Gasteiger partial charge in [-0.3, -0.25) is 0 Å². The lowest BCUT2D eigenvalue weighted by molar-refractivity contribution is -0.120. The maximum absolute atomic E-state index is 9.19. The van der Waals surface area contributed by atoms with Gasteiger partial charge in [-0.2, -0.15) is 0 Å². The highest BCUT2D eigenvalue weighted by Gasteiger charge is 2.62. The van der Waals surface area contributed by atoms with Crippen LogP contribution < -0.4 is 0 Å². The zero-order valence-corrected chi connectivity index (χ0v) is 23.8. The molecule has 0 amide bonds. The minimum absolute atomic E-state index is 0.195. The first-order chi connectivity index (χ1) is 15.0. The van der Waals surface area contributed by atoms with E-state index in [1.165, 1.54) is 64.2 Å². The predicted octanol–water partition coefficient (Wildman–Crippen LogP) is 9.59. The van der Waals surface area contributed by atoms with E-state index in [4.69, 9.17) is 0 Å². The Morgan fingerprint density at radius 1 is 0.938 bits per heavy atom. The molecule has 0 radical (unpaired) electrons. The van der Waals surface area contributed by atoms with Gasteiger partial charge in [-0.15, -0.1) is 0 Å². The highest BCUT2D eigenvalue weighted by molar-refractivity contribution is 14.1. The van der Waals surface area contributed by atoms with E-state index >= 15 is 0 Å². The molecule has 0 N–H and O–H groups in total. The lowest BCUT2D eigenvalue weighted by Gasteiger charge is -2.63. The van der Waals surface area contributed by atoms with Gasteiger partial charge >= 0.3 is 0 Å². The van der Waals surface area contributed by atoms with Gasteiger partial charge in [0.05, 0.1) is 5.54 Å². The maximum Gasteiger partial charge on any atom is 0.0580 e. The van der Waals surface area contributed by atoms with Crippen molar-refractivity contribution >= 4 is 22.6 Å². The van der Waals surface area contributed by atoms with Crippen molar-refractivity contribution < 1.29 is 0 Å². The van der Waals surface area contributed by atoms with E-state index in [9.17, 15) is 5.53 Å². The van der Waals surface area contributed by atoms with Crippen molar-refractivity contribution in [3.8, 4) is 0 Å². The van der Waals surface area contributed by atoms with Crippen LogP contribution in [-0.4, -0.2) is 9.46 Å². The molecule has 4 fully saturated rings. The molecule has 32 heavy (non-hydrogen) atoms. The first kappa shape index (κ1) is 25.1. The number of fused-ring (bicyclic) bond motifs is 5. The molecule has 4 aliphatic carbocycles. The van der Waals surface area contributed by atoms with Crippen LogP contribution in [0.4, 0.5) is 0 Å². The first-order valence-electron chi connectivity index (χ1n) is 13.8. The average Bonchev–Trinajstić information content (AvgIpc) is 3.06. The van der Waals surface area contributed by atoms with Gasteiger partial charge in [0, 0.05) is 8.84 Å². The standard InChI is InChI=1S/C28H48IN3/c1-18(2)8-7-9-19(3)22-12-13-23-21-11-10-20-16-28(6,31-32-30)25(29)17-27(20,5)24(21)14-15-26(22,23)4/h18-25H,7-17H2,1-6H3/t19-,20+,21+,22-,23+,24+,25+,26-,27+,28+/m1/s1. The summed E-state index contributed by atoms with van der Waals surface area (Å²) >= 11 is 2.62. The van der Waals surface area contributed by atoms with E-state index in [2.05, 4.69) is 74.2 Å². The lowest BCUT2D eigenvalue weighted by Crippen LogP contribution is -2.58. The third kappa shape index (κ3) is 4.16. The summed E-state index contributed by atoms with van der Waals surface area (Å²) in [4.78, 5) is 3.25. The smallest absolute Gasteiger partial charge is 0.0580 e. The zero-order chi connectivity index (χ0) is 23.3. The number of rotatable bonds is 6. The van der Waals surface area contributed by atoms with Gasteiger partial charge in [0.25, 0.3) is 0 Å². The Bertz CT molecular complexity index is 732. The molecule has 4 rings (SSSR count). The van der Waals surface area contributed by atoms with Crippen LogP contribution in [0.25, 0.3) is 10.4 Å². The molecular weight excluding hydrogens is 505 g/mol. The van der Waals surface area contributed by atoms with E-state index in [1.54, 1.807) is 0 Å². The molecule has 182 valence electrons. The Morgan fingerprint density at radius 2 is 1.66 bits per heavy atom. The molecule has 0 unspecified atom stereocenters. The number of hydrogen-bond donors (Lipinski definition) is 0. The Labute approximate surface area is 211 Å². The van der Waals surface area contributed by atoms with Crippen LogP contribution in [0.2, 0.25) is 0 Å². The van der Waals surface area contributed by atoms with Gasteiger partial charge in [-0.1, -0.05) is 88.5 Å². The quantitative estimate of drug-likeness (QED) is 0.103. The van der Waals surface area contributed by atoms with Crippen molar-refractivity contribution in [3.05, 3.63) is 10.4 Å². The maximum atomic E-state index is 9.19. The fourth-order valence-electron chi connectivity index (χ4n) is 9.65. The topological polar surface area (TPSA) is 48.8 Å². The Kier molecular flexibility index (Phi) is 7.26. The fraction of sp³-hybridized carbons (Fsp3) is 1.00. The van der Waals surface area contributed by atoms with Crippen molar-refractivity contribution in [1.29, 1.82) is 0 Å². The van der Waals surface area contributed by atoms with Crippen molar-refractivity contribution in [2.45, 2.75) is 122 Å². The largest absolute Gasteiger partial charge is 0.0865 e. The first-order valence-corrected chi connectivity index (χ1v) is 15.0. The van der Waals surface area contributed by atoms with E-state index < -0.39 is 0 Å². The Morgan fingerprint density at radius 3 is 2.34 bits per heavy atom. The monoisotopic (exact) mass is 553 g/mol. The molecule has 0 aromatic rings. The molecule has 0 aromatic carbocycles. The van der Waals surface area contributed by atoms with Crippen LogP contribution in [0.1, 0.15) is 112 Å². The fourth-order valence-corrected chi connectivity index (χ4v) is 11.0. The summed E-state index contributed by atoms with van der Waals surface area (Å²) in [7, 11) is 0. The number of nitrogens with zero attached hydrogens (tertiary/aromatic N) is 3. The molecule has 0 bridgehead atoms. The summed E-state index contributed by atoms with van der Waals surface area (Å²) in [5.74, 6) is 6.21. The van der Waals surface area contributed by atoms with Crippen molar-refractivity contribution in [1.82, 2.24) is 0 Å². The van der Waals surface area contributed by atoms with Gasteiger partial charge in [0.1, 0.15) is 0 Å². The second-order valence-electron chi connectivity index (χ2n) is 13.6. The third-order valence-electron chi connectivity index (χ3n) is 11.5. The highest BCUT2D eigenvalue weighted by atomic mass is 127. The second-order valence-corrected chi connectivity index (χ2v) is 15.1. The predicted molar refractivity (Wildman–Crippen MR) is 144 cm³/mol. The summed E-state index contributed by atoms with van der Waals surface area (Å²) in [6.07, 6.45) is 15.3. The third-order valence-corrected chi connectivity index (χ3v) is 13.3. The van der Waals surface area contributed by atoms with E-state index in [0.29, 0.717) is 14.8 Å². The van der Waals surface area contributed by atoms with E-state index in [1.807, 2.05) is 0 Å². The van der Waals surface area contributed by atoms with Crippen molar-refractivity contribution in [3.63, 3.8) is 0 Å². The summed E-state index contributed by atoms with van der Waals surface area (Å²) in [5, 5.41) is 4.32. The summed E-state index contributed by atoms with van der Waals surface area (Å²) in [5.41, 5.74) is 10.0. The lowest BCUT2D eigenvalue weighted by atomic mass is 9.43. The molecule has 0 spiro atoms. The molecule has 0 saturated heterocycles. The minimum atomic E-state index is -0.195. The molecule has 0 aromatic heterocycles. The normalized spacial score (nSPS) is 49.0. The number of hydrogen-bond acceptors (Lipinski definition) is 1. The van der Waals surface area contributed by atoms with E-state index in [-0.39, 0.29) is 5.54 Å². The summed E-state index contributed by atoms with van der Waals surface area (Å²) in [6.45, 7) is 14.9. The van der Waals surface area contributed by atoms with Crippen LogP contribution in [0.3, 0.4) is 0 Å². The molecule has 0 heterocycles. The van der Waals surface area contributed by atoms with Gasteiger partial charge < -0.3 is 0 Å². The molecule has 10 atom stereocenters. The summed E-state index contributed by atoms with van der Waals surface area (Å²) < 4.78 is 0.460. The second kappa shape index (κ2) is 9.25. The van der Waals surface area contributed by atoms with Crippen LogP contribution >= 0.6 is 22.6 Å². The van der Waals surface area contributed by atoms with Gasteiger partial charge in [0.15, 0.2) is 0 Å². The summed E-state index contributed by atoms with van der Waals surface area (Å²) in [6, 6.07) is 0. The van der Waals surface area contributed by atoms with E-state index in [0.717, 1.165) is 47.8 Å². The van der Waals surface area contributed by atoms with Crippen LogP contribution in [-0.2, 0) is 0 Å². The molecule has 4 heteroatoms. The molecule has 4 aliphatic rings. The number of alkyl halides is 1. The molecular formula is C28H48IN3. The highest BCUT2D eigenvalue weighted by Crippen LogP contribution is 2.69. The number of halogens is 1. The SMILES string of the molecule is CC(C)CCC[C@@H](C)[C@H]1CC[C@H]2[C@@H]3CC[C@H]4C[C@](C)(N=[N+]=[N-])[C@@H](I)C[C@]4(C)[C@H]3CC[C@]12C. The van der Waals surface area contributed by atoms with Crippen molar-refractivity contribution in [2.75, 3.05) is 0 Å². The molecule has 3 nitrogen and oxygen atoms in total. The Balaban J connectivity index is 1.49. The van der Waals surface area contributed by atoms with Crippen LogP contribution in [0.15, 0.2) is 5.11 Å². The van der Waals surface area contributed by atoms with Crippen LogP contribution in [0.5, 0.6) is 0 Å². The van der Waals surface area contributed by atoms with Gasteiger partial charge in [0.2, 0.25) is 0 Å². The molecule has 0 aliphatic heterocycles.